The van der Waals surface area contributed by atoms with Crippen LogP contribution in [0.15, 0.2) is 48.7 Å². The van der Waals surface area contributed by atoms with Crippen LogP contribution in [-0.4, -0.2) is 50.2 Å². The predicted octanol–water partition coefficient (Wildman–Crippen LogP) is 2.49. The van der Waals surface area contributed by atoms with Crippen molar-refractivity contribution in [1.82, 2.24) is 19.5 Å². The highest BCUT2D eigenvalue weighted by atomic mass is 16.3. The fourth-order valence-corrected chi connectivity index (χ4v) is 3.56. The van der Waals surface area contributed by atoms with E-state index in [1.54, 1.807) is 6.07 Å². The highest BCUT2D eigenvalue weighted by molar-refractivity contribution is 5.94. The van der Waals surface area contributed by atoms with E-state index in [-0.39, 0.29) is 18.4 Å². The highest BCUT2D eigenvalue weighted by Gasteiger charge is 2.29. The highest BCUT2D eigenvalue weighted by Crippen LogP contribution is 2.24. The molecule has 1 aromatic carbocycles. The average molecular weight is 350 g/mol. The number of benzene rings is 1. The Morgan fingerprint density at radius 3 is 2.77 bits per heavy atom. The maximum atomic E-state index is 13.0. The number of aliphatic hydroxyl groups excluding tert-OH is 1. The van der Waals surface area contributed by atoms with Crippen molar-refractivity contribution in [3.8, 4) is 11.4 Å². The number of piperidine rings is 1. The fourth-order valence-electron chi connectivity index (χ4n) is 3.56. The van der Waals surface area contributed by atoms with Crippen LogP contribution in [0.4, 0.5) is 0 Å². The summed E-state index contributed by atoms with van der Waals surface area (Å²) in [4.78, 5) is 14.8. The van der Waals surface area contributed by atoms with Gasteiger partial charge in [0.2, 0.25) is 0 Å². The Kier molecular flexibility index (Phi) is 4.42. The minimum Gasteiger partial charge on any atom is -0.396 e. The number of rotatable bonds is 3. The van der Waals surface area contributed by atoms with Gasteiger partial charge < -0.3 is 10.0 Å². The lowest BCUT2D eigenvalue weighted by Crippen LogP contribution is -2.44. The summed E-state index contributed by atoms with van der Waals surface area (Å²) in [5.74, 6) is 1.29. The normalized spacial score (nSPS) is 20.5. The Morgan fingerprint density at radius 2 is 2.00 bits per heavy atom. The van der Waals surface area contributed by atoms with Gasteiger partial charge in [0.1, 0.15) is 0 Å². The van der Waals surface area contributed by atoms with E-state index < -0.39 is 0 Å². The lowest BCUT2D eigenvalue weighted by Gasteiger charge is -2.36. The number of carbonyl (C=O) groups excluding carboxylic acids is 1. The first-order chi connectivity index (χ1) is 12.7. The third-order valence-electron chi connectivity index (χ3n) is 5.32. The van der Waals surface area contributed by atoms with Gasteiger partial charge in [-0.3, -0.25) is 9.20 Å². The van der Waals surface area contributed by atoms with E-state index in [0.717, 1.165) is 24.4 Å². The molecule has 6 nitrogen and oxygen atoms in total. The van der Waals surface area contributed by atoms with Crippen LogP contribution in [0.3, 0.4) is 0 Å². The Hall–Kier alpha value is -2.73. The van der Waals surface area contributed by atoms with Crippen molar-refractivity contribution in [1.29, 1.82) is 0 Å². The molecule has 134 valence electrons. The van der Waals surface area contributed by atoms with E-state index in [1.807, 2.05) is 51.9 Å². The number of aliphatic hydroxyl groups is 1. The summed E-state index contributed by atoms with van der Waals surface area (Å²) >= 11 is 0. The van der Waals surface area contributed by atoms with Crippen LogP contribution in [0, 0.1) is 11.8 Å². The summed E-state index contributed by atoms with van der Waals surface area (Å²) in [6, 6.07) is 13.4. The number of fused-ring (bicyclic) bond motifs is 1. The second kappa shape index (κ2) is 6.88. The standard InChI is InChI=1S/C20H22N4O2/c1-14-9-10-23(11-17(14)13-25)20(26)16-7-8-18-21-22-19(24(18)12-16)15-5-3-2-4-6-15/h2-8,12,14,17,25H,9-11,13H2,1H3. The van der Waals surface area contributed by atoms with E-state index in [4.69, 9.17) is 0 Å². The summed E-state index contributed by atoms with van der Waals surface area (Å²) < 4.78 is 1.86. The Labute approximate surface area is 152 Å². The lowest BCUT2D eigenvalue weighted by atomic mass is 9.87. The molecule has 0 aliphatic carbocycles. The third kappa shape index (κ3) is 2.97. The van der Waals surface area contributed by atoms with Crippen LogP contribution in [0.5, 0.6) is 0 Å². The van der Waals surface area contributed by atoms with Crippen molar-refractivity contribution < 1.29 is 9.90 Å². The molecule has 0 saturated carbocycles. The molecule has 1 N–H and O–H groups in total. The smallest absolute Gasteiger partial charge is 0.255 e. The van der Waals surface area contributed by atoms with Crippen molar-refractivity contribution in [2.24, 2.45) is 11.8 Å². The van der Waals surface area contributed by atoms with Crippen molar-refractivity contribution in [2.75, 3.05) is 19.7 Å². The molecule has 1 saturated heterocycles. The van der Waals surface area contributed by atoms with Crippen LogP contribution in [0.25, 0.3) is 17.0 Å². The van der Waals surface area contributed by atoms with Crippen LogP contribution < -0.4 is 0 Å². The largest absolute Gasteiger partial charge is 0.396 e. The zero-order valence-electron chi connectivity index (χ0n) is 14.7. The van der Waals surface area contributed by atoms with Crippen LogP contribution in [-0.2, 0) is 0 Å². The molecular formula is C20H22N4O2. The van der Waals surface area contributed by atoms with Gasteiger partial charge in [-0.2, -0.15) is 0 Å². The van der Waals surface area contributed by atoms with Gasteiger partial charge in [-0.05, 0) is 24.5 Å². The first-order valence-corrected chi connectivity index (χ1v) is 8.97. The van der Waals surface area contributed by atoms with Crippen LogP contribution in [0.1, 0.15) is 23.7 Å². The van der Waals surface area contributed by atoms with Gasteiger partial charge in [-0.15, -0.1) is 10.2 Å². The molecule has 0 radical (unpaired) electrons. The maximum Gasteiger partial charge on any atom is 0.255 e. The molecule has 1 aliphatic heterocycles. The number of nitrogens with zero attached hydrogens (tertiary/aromatic N) is 4. The zero-order valence-corrected chi connectivity index (χ0v) is 14.7. The van der Waals surface area contributed by atoms with Gasteiger partial charge in [0.05, 0.1) is 5.56 Å². The van der Waals surface area contributed by atoms with Crippen molar-refractivity contribution >= 4 is 11.6 Å². The summed E-state index contributed by atoms with van der Waals surface area (Å²) in [5, 5.41) is 18.0. The second-order valence-electron chi connectivity index (χ2n) is 7.00. The first-order valence-electron chi connectivity index (χ1n) is 8.97. The van der Waals surface area contributed by atoms with Gasteiger partial charge >= 0.3 is 0 Å². The number of carbonyl (C=O) groups is 1. The second-order valence-corrected chi connectivity index (χ2v) is 7.00. The SMILES string of the molecule is CC1CCN(C(=O)c2ccc3nnc(-c4ccccc4)n3c2)CC1CO. The van der Waals surface area contributed by atoms with Gasteiger partial charge in [-0.1, -0.05) is 37.3 Å². The Morgan fingerprint density at radius 1 is 1.19 bits per heavy atom. The fraction of sp³-hybridized carbons (Fsp3) is 0.350. The van der Waals surface area contributed by atoms with Gasteiger partial charge in [0, 0.05) is 37.4 Å². The van der Waals surface area contributed by atoms with Crippen LogP contribution >= 0.6 is 0 Å². The Bertz CT molecular complexity index is 922. The molecule has 0 spiro atoms. The van der Waals surface area contributed by atoms with Crippen molar-refractivity contribution in [2.45, 2.75) is 13.3 Å². The number of hydrogen-bond donors (Lipinski definition) is 1. The molecular weight excluding hydrogens is 328 g/mol. The molecule has 2 atom stereocenters. The summed E-state index contributed by atoms with van der Waals surface area (Å²) in [6.07, 6.45) is 2.73. The minimum absolute atomic E-state index is 0.00929. The van der Waals surface area contributed by atoms with Crippen LogP contribution in [0.2, 0.25) is 0 Å². The molecule has 2 unspecified atom stereocenters. The molecule has 3 aromatic rings. The van der Waals surface area contributed by atoms with E-state index >= 15 is 0 Å². The zero-order chi connectivity index (χ0) is 18.1. The van der Waals surface area contributed by atoms with Gasteiger partial charge in [-0.25, -0.2) is 0 Å². The Balaban J connectivity index is 1.66. The number of likely N-dealkylation sites (tertiary alicyclic amines) is 1. The maximum absolute atomic E-state index is 13.0. The summed E-state index contributed by atoms with van der Waals surface area (Å²) in [6.45, 7) is 3.58. The molecule has 1 aliphatic rings. The van der Waals surface area contributed by atoms with E-state index in [0.29, 0.717) is 23.7 Å². The lowest BCUT2D eigenvalue weighted by molar-refractivity contribution is 0.0511. The van der Waals surface area contributed by atoms with Crippen molar-refractivity contribution in [3.05, 3.63) is 54.2 Å². The van der Waals surface area contributed by atoms with Gasteiger partial charge in [0.15, 0.2) is 11.5 Å². The van der Waals surface area contributed by atoms with Crippen molar-refractivity contribution in [3.63, 3.8) is 0 Å². The predicted molar refractivity (Wildman–Crippen MR) is 98.7 cm³/mol. The molecule has 0 bridgehead atoms. The van der Waals surface area contributed by atoms with E-state index in [1.165, 1.54) is 0 Å². The molecule has 6 heteroatoms. The number of hydrogen-bond acceptors (Lipinski definition) is 4. The van der Waals surface area contributed by atoms with E-state index in [2.05, 4.69) is 17.1 Å². The minimum atomic E-state index is -0.00929. The quantitative estimate of drug-likeness (QED) is 0.788. The first kappa shape index (κ1) is 16.7. The number of amides is 1. The monoisotopic (exact) mass is 350 g/mol. The molecule has 1 amide bonds. The average Bonchev–Trinajstić information content (AvgIpc) is 3.11. The van der Waals surface area contributed by atoms with E-state index in [9.17, 15) is 9.90 Å². The summed E-state index contributed by atoms with van der Waals surface area (Å²) in [7, 11) is 0. The molecule has 2 aromatic heterocycles. The molecule has 26 heavy (non-hydrogen) atoms. The number of aromatic nitrogens is 3. The summed E-state index contributed by atoms with van der Waals surface area (Å²) in [5.41, 5.74) is 2.28. The number of pyridine rings is 1. The molecule has 1 fully saturated rings. The molecule has 4 rings (SSSR count). The molecule has 3 heterocycles. The topological polar surface area (TPSA) is 70.7 Å². The third-order valence-corrected chi connectivity index (χ3v) is 5.32. The van der Waals surface area contributed by atoms with Gasteiger partial charge in [0.25, 0.3) is 5.91 Å².